The maximum Gasteiger partial charge on any atom is 0.573 e. The Hall–Kier alpha value is -1.23. The smallest absolute Gasteiger partial charge is 0.406 e. The van der Waals surface area contributed by atoms with Gasteiger partial charge in [-0.3, -0.25) is 0 Å². The van der Waals surface area contributed by atoms with Gasteiger partial charge in [0.25, 0.3) is 0 Å². The Kier molecular flexibility index (Phi) is 6.88. The minimum atomic E-state index is -4.69. The van der Waals surface area contributed by atoms with Crippen LogP contribution in [0.1, 0.15) is 32.3 Å². The molecule has 0 spiro atoms. The Morgan fingerprint density at radius 3 is 2.63 bits per heavy atom. The molecule has 0 radical (unpaired) electrons. The van der Waals surface area contributed by atoms with E-state index in [0.717, 1.165) is 25.0 Å². The summed E-state index contributed by atoms with van der Waals surface area (Å²) in [4.78, 5) is 4.30. The standard InChI is InChI=1S/C18H24F3N3O2.HI/c1-17(2)14(13-4-3-9-25-15(13)17)24-16(22)23-10-11-5-7-12(8-6-11)26-18(19,20)21;/h5-8,13-15H,3-4,9-10H2,1-2H3,(H3,22,23,24);1H. The molecule has 1 aliphatic carbocycles. The van der Waals surface area contributed by atoms with Crippen LogP contribution in [0.25, 0.3) is 0 Å². The van der Waals surface area contributed by atoms with E-state index in [0.29, 0.717) is 11.9 Å². The van der Waals surface area contributed by atoms with E-state index in [1.165, 1.54) is 24.3 Å². The molecule has 3 unspecified atom stereocenters. The predicted octanol–water partition coefficient (Wildman–Crippen LogP) is 3.81. The number of guanidine groups is 1. The maximum absolute atomic E-state index is 12.2. The number of rotatable bonds is 4. The van der Waals surface area contributed by atoms with E-state index in [2.05, 4.69) is 28.9 Å². The highest BCUT2D eigenvalue weighted by molar-refractivity contribution is 14.0. The van der Waals surface area contributed by atoms with Gasteiger partial charge < -0.3 is 20.5 Å². The molecule has 1 saturated carbocycles. The number of fused-ring (bicyclic) bond motifs is 1. The number of nitrogens with one attached hydrogen (secondary N) is 1. The lowest BCUT2D eigenvalue weighted by atomic mass is 9.55. The number of aliphatic imine (C=N–C) groups is 1. The highest BCUT2D eigenvalue weighted by atomic mass is 127. The van der Waals surface area contributed by atoms with Crippen molar-refractivity contribution in [3.8, 4) is 5.75 Å². The Balaban J connectivity index is 0.00000261. The average Bonchev–Trinajstić information content (AvgIpc) is 2.58. The van der Waals surface area contributed by atoms with Gasteiger partial charge in [0, 0.05) is 24.0 Å². The van der Waals surface area contributed by atoms with Crippen molar-refractivity contribution in [2.75, 3.05) is 6.61 Å². The van der Waals surface area contributed by atoms with E-state index in [1.54, 1.807) is 0 Å². The third-order valence-corrected chi connectivity index (χ3v) is 5.22. The molecule has 1 saturated heterocycles. The average molecular weight is 499 g/mol. The van der Waals surface area contributed by atoms with E-state index >= 15 is 0 Å². The van der Waals surface area contributed by atoms with Crippen LogP contribution >= 0.6 is 24.0 Å². The quantitative estimate of drug-likeness (QED) is 0.376. The van der Waals surface area contributed by atoms with Crippen molar-refractivity contribution in [2.45, 2.75) is 51.7 Å². The Bertz CT molecular complexity index is 665. The molecule has 152 valence electrons. The van der Waals surface area contributed by atoms with E-state index in [4.69, 9.17) is 10.5 Å². The number of halogens is 4. The van der Waals surface area contributed by atoms with Gasteiger partial charge in [-0.1, -0.05) is 26.0 Å². The fourth-order valence-corrected chi connectivity index (χ4v) is 3.99. The maximum atomic E-state index is 12.2. The molecule has 2 aliphatic rings. The van der Waals surface area contributed by atoms with Crippen LogP contribution in [0, 0.1) is 11.3 Å². The van der Waals surface area contributed by atoms with E-state index in [9.17, 15) is 13.2 Å². The SMILES string of the molecule is CC1(C)C(NC(N)=NCc2ccc(OC(F)(F)F)cc2)C2CCCOC21.I. The molecular formula is C18H25F3IN3O2. The summed E-state index contributed by atoms with van der Waals surface area (Å²) in [6.07, 6.45) is -2.27. The van der Waals surface area contributed by atoms with Crippen LogP contribution in [-0.2, 0) is 11.3 Å². The lowest BCUT2D eigenvalue weighted by Crippen LogP contribution is -2.70. The first-order valence-corrected chi connectivity index (χ1v) is 8.69. The van der Waals surface area contributed by atoms with Crippen molar-refractivity contribution in [2.24, 2.45) is 22.1 Å². The van der Waals surface area contributed by atoms with Gasteiger partial charge in [0.15, 0.2) is 5.96 Å². The number of hydrogen-bond acceptors (Lipinski definition) is 3. The van der Waals surface area contributed by atoms with E-state index < -0.39 is 6.36 Å². The summed E-state index contributed by atoms with van der Waals surface area (Å²) in [6.45, 7) is 5.41. The number of alkyl halides is 3. The fraction of sp³-hybridized carbons (Fsp3) is 0.611. The minimum Gasteiger partial charge on any atom is -0.406 e. The lowest BCUT2D eigenvalue weighted by Gasteiger charge is -2.60. The zero-order valence-electron chi connectivity index (χ0n) is 15.3. The zero-order chi connectivity index (χ0) is 18.9. The van der Waals surface area contributed by atoms with Crippen molar-refractivity contribution < 1.29 is 22.6 Å². The van der Waals surface area contributed by atoms with Crippen LogP contribution in [-0.4, -0.2) is 31.1 Å². The van der Waals surface area contributed by atoms with E-state index in [1.807, 2.05) is 0 Å². The van der Waals surface area contributed by atoms with Gasteiger partial charge in [0.1, 0.15) is 5.75 Å². The summed E-state index contributed by atoms with van der Waals surface area (Å²) in [5, 5.41) is 3.29. The molecular weight excluding hydrogens is 474 g/mol. The molecule has 27 heavy (non-hydrogen) atoms. The summed E-state index contributed by atoms with van der Waals surface area (Å²) in [5.41, 5.74) is 6.75. The largest absolute Gasteiger partial charge is 0.573 e. The Labute approximate surface area is 173 Å². The van der Waals surface area contributed by atoms with Crippen molar-refractivity contribution in [3.63, 3.8) is 0 Å². The van der Waals surface area contributed by atoms with Gasteiger partial charge in [-0.15, -0.1) is 37.1 Å². The molecule has 1 aromatic carbocycles. The molecule has 5 nitrogen and oxygen atoms in total. The minimum absolute atomic E-state index is 0. The van der Waals surface area contributed by atoms with Crippen LogP contribution in [0.15, 0.2) is 29.3 Å². The second-order valence-electron chi connectivity index (χ2n) is 7.43. The van der Waals surface area contributed by atoms with Crippen LogP contribution in [0.2, 0.25) is 0 Å². The molecule has 3 rings (SSSR count). The number of nitrogens with zero attached hydrogens (tertiary/aromatic N) is 1. The van der Waals surface area contributed by atoms with Crippen LogP contribution in [0.3, 0.4) is 0 Å². The number of benzene rings is 1. The number of nitrogens with two attached hydrogens (primary N) is 1. The molecule has 2 fully saturated rings. The molecule has 1 aliphatic heterocycles. The molecule has 0 amide bonds. The van der Waals surface area contributed by atoms with Crippen molar-refractivity contribution >= 4 is 29.9 Å². The van der Waals surface area contributed by atoms with Gasteiger partial charge in [-0.05, 0) is 30.5 Å². The Morgan fingerprint density at radius 2 is 2.00 bits per heavy atom. The Morgan fingerprint density at radius 1 is 1.33 bits per heavy atom. The van der Waals surface area contributed by atoms with Gasteiger partial charge in [-0.2, -0.15) is 0 Å². The summed E-state index contributed by atoms with van der Waals surface area (Å²) < 4.78 is 46.2. The summed E-state index contributed by atoms with van der Waals surface area (Å²) in [5.74, 6) is 0.518. The van der Waals surface area contributed by atoms with Crippen LogP contribution in [0.5, 0.6) is 5.75 Å². The van der Waals surface area contributed by atoms with Crippen LogP contribution in [0.4, 0.5) is 13.2 Å². The normalized spacial score (nSPS) is 27.0. The molecule has 3 atom stereocenters. The van der Waals surface area contributed by atoms with Crippen molar-refractivity contribution in [1.82, 2.24) is 5.32 Å². The molecule has 9 heteroatoms. The third-order valence-electron chi connectivity index (χ3n) is 5.22. The molecule has 1 heterocycles. The molecule has 3 N–H and O–H groups in total. The monoisotopic (exact) mass is 499 g/mol. The summed E-state index contributed by atoms with van der Waals surface area (Å²) in [6, 6.07) is 5.81. The number of hydrogen-bond donors (Lipinski definition) is 2. The first-order valence-electron chi connectivity index (χ1n) is 8.69. The highest BCUT2D eigenvalue weighted by Crippen LogP contribution is 2.51. The van der Waals surface area contributed by atoms with Gasteiger partial charge in [0.05, 0.1) is 12.6 Å². The fourth-order valence-electron chi connectivity index (χ4n) is 3.99. The second-order valence-corrected chi connectivity index (χ2v) is 7.43. The first kappa shape index (κ1) is 22.1. The van der Waals surface area contributed by atoms with E-state index in [-0.39, 0.29) is 53.8 Å². The topological polar surface area (TPSA) is 68.9 Å². The first-order chi connectivity index (χ1) is 12.2. The van der Waals surface area contributed by atoms with Crippen molar-refractivity contribution in [1.29, 1.82) is 0 Å². The zero-order valence-corrected chi connectivity index (χ0v) is 17.6. The lowest BCUT2D eigenvalue weighted by molar-refractivity contribution is -0.274. The summed E-state index contributed by atoms with van der Waals surface area (Å²) >= 11 is 0. The van der Waals surface area contributed by atoms with Crippen LogP contribution < -0.4 is 15.8 Å². The summed E-state index contributed by atoms with van der Waals surface area (Å²) in [7, 11) is 0. The highest BCUT2D eigenvalue weighted by Gasteiger charge is 2.58. The van der Waals surface area contributed by atoms with Gasteiger partial charge in [-0.25, -0.2) is 4.99 Å². The molecule has 1 aromatic rings. The predicted molar refractivity (Wildman–Crippen MR) is 107 cm³/mol. The molecule has 0 aromatic heterocycles. The van der Waals surface area contributed by atoms with Gasteiger partial charge >= 0.3 is 6.36 Å². The second kappa shape index (κ2) is 8.42. The molecule has 0 bridgehead atoms. The third kappa shape index (κ3) is 5.18. The van der Waals surface area contributed by atoms with Gasteiger partial charge in [0.2, 0.25) is 0 Å². The van der Waals surface area contributed by atoms with Crippen molar-refractivity contribution in [3.05, 3.63) is 29.8 Å². The number of ether oxygens (including phenoxy) is 2.